The highest BCUT2D eigenvalue weighted by Gasteiger charge is 2.14. The van der Waals surface area contributed by atoms with Gasteiger partial charge in [-0.2, -0.15) is 0 Å². The Morgan fingerprint density at radius 2 is 2.11 bits per heavy atom. The fourth-order valence-electron chi connectivity index (χ4n) is 1.60. The molecule has 104 valence electrons. The average molecular weight is 274 g/mol. The Kier molecular flexibility index (Phi) is 6.97. The number of carbonyl (C=O) groups is 1. The van der Waals surface area contributed by atoms with Crippen molar-refractivity contribution in [2.45, 2.75) is 26.7 Å². The molecule has 0 aromatic heterocycles. The fraction of sp³-hybridized carbons (Fsp3) is 0.833. The number of hydrogen-bond donors (Lipinski definition) is 2. The third-order valence-corrected chi connectivity index (χ3v) is 2.90. The molecule has 0 spiro atoms. The highest BCUT2D eigenvalue weighted by Crippen LogP contribution is 2.12. The molecule has 18 heavy (non-hydrogen) atoms. The summed E-state index contributed by atoms with van der Waals surface area (Å²) >= 11 is 5.02. The van der Waals surface area contributed by atoms with Crippen molar-refractivity contribution in [2.75, 3.05) is 26.4 Å². The first-order valence-electron chi connectivity index (χ1n) is 6.37. The maximum atomic E-state index is 11.3. The van der Waals surface area contributed by atoms with Crippen molar-refractivity contribution < 1.29 is 14.3 Å². The molecule has 1 saturated heterocycles. The summed E-state index contributed by atoms with van der Waals surface area (Å²) in [6.45, 7) is 6.75. The molecule has 0 saturated carbocycles. The highest BCUT2D eigenvalue weighted by molar-refractivity contribution is 7.80. The molecule has 0 aromatic rings. The van der Waals surface area contributed by atoms with E-state index in [4.69, 9.17) is 21.7 Å². The van der Waals surface area contributed by atoms with Gasteiger partial charge < -0.3 is 14.8 Å². The molecule has 1 aliphatic rings. The second-order valence-electron chi connectivity index (χ2n) is 4.88. The van der Waals surface area contributed by atoms with E-state index < -0.39 is 6.09 Å². The van der Waals surface area contributed by atoms with E-state index in [2.05, 4.69) is 10.6 Å². The van der Waals surface area contributed by atoms with Crippen LogP contribution in [0.2, 0.25) is 0 Å². The molecule has 0 atom stereocenters. The van der Waals surface area contributed by atoms with E-state index in [1.807, 2.05) is 13.8 Å². The minimum Gasteiger partial charge on any atom is -0.449 e. The van der Waals surface area contributed by atoms with Crippen LogP contribution in [0, 0.1) is 11.8 Å². The van der Waals surface area contributed by atoms with Gasteiger partial charge in [-0.3, -0.25) is 5.32 Å². The quantitative estimate of drug-likeness (QED) is 0.764. The molecule has 1 heterocycles. The van der Waals surface area contributed by atoms with Crippen molar-refractivity contribution in [3.8, 4) is 0 Å². The molecule has 1 rings (SSSR count). The van der Waals surface area contributed by atoms with E-state index in [1.165, 1.54) is 0 Å². The van der Waals surface area contributed by atoms with Crippen LogP contribution in [-0.2, 0) is 9.47 Å². The van der Waals surface area contributed by atoms with E-state index in [1.54, 1.807) is 0 Å². The van der Waals surface area contributed by atoms with Gasteiger partial charge in [0.25, 0.3) is 0 Å². The number of thiocarbonyl (C=S) groups is 1. The summed E-state index contributed by atoms with van der Waals surface area (Å²) in [5.41, 5.74) is 0. The molecule has 2 N–H and O–H groups in total. The lowest BCUT2D eigenvalue weighted by Crippen LogP contribution is -2.42. The van der Waals surface area contributed by atoms with Crippen LogP contribution in [-0.4, -0.2) is 37.6 Å². The van der Waals surface area contributed by atoms with Crippen molar-refractivity contribution in [3.63, 3.8) is 0 Å². The second-order valence-corrected chi connectivity index (χ2v) is 5.29. The summed E-state index contributed by atoms with van der Waals surface area (Å²) in [7, 11) is 0. The van der Waals surface area contributed by atoms with E-state index in [9.17, 15) is 4.79 Å². The molecular formula is C12H22N2O3S. The summed E-state index contributed by atoms with van der Waals surface area (Å²) in [5.74, 6) is 0.879. The largest absolute Gasteiger partial charge is 0.449 e. The summed E-state index contributed by atoms with van der Waals surface area (Å²) in [5, 5.41) is 5.87. The lowest BCUT2D eigenvalue weighted by molar-refractivity contribution is 0.0675. The lowest BCUT2D eigenvalue weighted by atomic mass is 10.0. The number of alkyl carbamates (subject to hydrolysis) is 1. The minimum atomic E-state index is -0.492. The smallest absolute Gasteiger partial charge is 0.413 e. The minimum absolute atomic E-state index is 0.319. The Bertz CT molecular complexity index is 278. The maximum Gasteiger partial charge on any atom is 0.413 e. The SMILES string of the molecule is CC(C)COC(=O)NC(=S)NCC1CCOCC1. The van der Waals surface area contributed by atoms with Gasteiger partial charge in [0.05, 0.1) is 6.61 Å². The summed E-state index contributed by atoms with van der Waals surface area (Å²) in [4.78, 5) is 11.3. The number of nitrogens with one attached hydrogen (secondary N) is 2. The number of amides is 1. The predicted octanol–water partition coefficient (Wildman–Crippen LogP) is 1.67. The number of carbonyl (C=O) groups excluding carboxylic acids is 1. The monoisotopic (exact) mass is 274 g/mol. The molecule has 1 fully saturated rings. The van der Waals surface area contributed by atoms with Gasteiger partial charge in [0, 0.05) is 19.8 Å². The van der Waals surface area contributed by atoms with Crippen molar-refractivity contribution >= 4 is 23.4 Å². The molecule has 0 aliphatic carbocycles. The zero-order chi connectivity index (χ0) is 13.4. The van der Waals surface area contributed by atoms with Gasteiger partial charge in [-0.05, 0) is 36.9 Å². The third-order valence-electron chi connectivity index (χ3n) is 2.66. The number of ether oxygens (including phenoxy) is 2. The van der Waals surface area contributed by atoms with Gasteiger partial charge in [-0.25, -0.2) is 4.79 Å². The first-order chi connectivity index (χ1) is 8.58. The molecule has 1 aliphatic heterocycles. The zero-order valence-electron chi connectivity index (χ0n) is 11.0. The van der Waals surface area contributed by atoms with Crippen molar-refractivity contribution in [2.24, 2.45) is 11.8 Å². The van der Waals surface area contributed by atoms with Crippen LogP contribution < -0.4 is 10.6 Å². The van der Waals surface area contributed by atoms with Gasteiger partial charge in [-0.1, -0.05) is 13.8 Å². The first-order valence-corrected chi connectivity index (χ1v) is 6.78. The maximum absolute atomic E-state index is 11.3. The van der Waals surface area contributed by atoms with Crippen LogP contribution in [0.3, 0.4) is 0 Å². The highest BCUT2D eigenvalue weighted by atomic mass is 32.1. The molecule has 0 bridgehead atoms. The van der Waals surface area contributed by atoms with Crippen LogP contribution in [0.15, 0.2) is 0 Å². The van der Waals surface area contributed by atoms with Crippen LogP contribution in [0.4, 0.5) is 4.79 Å². The number of rotatable bonds is 4. The van der Waals surface area contributed by atoms with Crippen molar-refractivity contribution in [1.82, 2.24) is 10.6 Å². The Morgan fingerprint density at radius 1 is 1.44 bits per heavy atom. The normalized spacial score (nSPS) is 16.4. The van der Waals surface area contributed by atoms with Crippen LogP contribution in [0.25, 0.3) is 0 Å². The first kappa shape index (κ1) is 15.2. The molecule has 6 heteroatoms. The van der Waals surface area contributed by atoms with E-state index >= 15 is 0 Å². The molecule has 1 amide bonds. The van der Waals surface area contributed by atoms with Crippen molar-refractivity contribution in [3.05, 3.63) is 0 Å². The van der Waals surface area contributed by atoms with Crippen LogP contribution in [0.1, 0.15) is 26.7 Å². The summed E-state index contributed by atoms with van der Waals surface area (Å²) in [6.07, 6.45) is 1.58. The fourth-order valence-corrected chi connectivity index (χ4v) is 1.77. The zero-order valence-corrected chi connectivity index (χ0v) is 11.8. The predicted molar refractivity (Wildman–Crippen MR) is 73.5 cm³/mol. The van der Waals surface area contributed by atoms with Gasteiger partial charge in [0.2, 0.25) is 0 Å². The third kappa shape index (κ3) is 6.76. The van der Waals surface area contributed by atoms with Crippen molar-refractivity contribution in [1.29, 1.82) is 0 Å². The second kappa shape index (κ2) is 8.26. The van der Waals surface area contributed by atoms with E-state index in [0.717, 1.165) is 32.6 Å². The molecular weight excluding hydrogens is 252 g/mol. The lowest BCUT2D eigenvalue weighted by Gasteiger charge is -2.22. The summed E-state index contributed by atoms with van der Waals surface area (Å²) in [6, 6.07) is 0. The van der Waals surface area contributed by atoms with Gasteiger partial charge in [-0.15, -0.1) is 0 Å². The van der Waals surface area contributed by atoms with Crippen LogP contribution in [0.5, 0.6) is 0 Å². The topological polar surface area (TPSA) is 59.6 Å². The van der Waals surface area contributed by atoms with Gasteiger partial charge >= 0.3 is 6.09 Å². The summed E-state index contributed by atoms with van der Waals surface area (Å²) < 4.78 is 10.2. The average Bonchev–Trinajstić information content (AvgIpc) is 2.35. The van der Waals surface area contributed by atoms with Gasteiger partial charge in [0.15, 0.2) is 5.11 Å². The Labute approximate surface area is 114 Å². The standard InChI is InChI=1S/C12H22N2O3S/c1-9(2)8-17-12(15)14-11(18)13-7-10-3-5-16-6-4-10/h9-10H,3-8H2,1-2H3,(H2,13,14,15,18). The molecule has 0 aromatic carbocycles. The molecule has 0 radical (unpaired) electrons. The van der Waals surface area contributed by atoms with E-state index in [-0.39, 0.29) is 0 Å². The number of hydrogen-bond acceptors (Lipinski definition) is 4. The van der Waals surface area contributed by atoms with E-state index in [0.29, 0.717) is 23.6 Å². The van der Waals surface area contributed by atoms with Gasteiger partial charge in [0.1, 0.15) is 0 Å². The Hall–Kier alpha value is -0.880. The van der Waals surface area contributed by atoms with Crippen LogP contribution >= 0.6 is 12.2 Å². The Morgan fingerprint density at radius 3 is 2.72 bits per heavy atom. The molecule has 0 unspecified atom stereocenters. The molecule has 5 nitrogen and oxygen atoms in total. The Balaban J connectivity index is 2.10.